The van der Waals surface area contributed by atoms with E-state index in [1.807, 2.05) is 4.90 Å². The zero-order valence-electron chi connectivity index (χ0n) is 14.2. The Hall–Kier alpha value is -2.89. The standard InChI is InChI=1S/C19H21N3O3/c1-25-18-15(9-7-11-20-18)17(23)21-16-10-4-3-8-14(16)19(24)22-12-5-2-6-13-22/h3-4,7-11H,2,5-6,12-13H2,1H3,(H,21,23). The maximum absolute atomic E-state index is 12.8. The van der Waals surface area contributed by atoms with Gasteiger partial charge in [-0.1, -0.05) is 12.1 Å². The van der Waals surface area contributed by atoms with Crippen LogP contribution in [0.1, 0.15) is 40.0 Å². The molecular weight excluding hydrogens is 318 g/mol. The van der Waals surface area contributed by atoms with Crippen LogP contribution in [-0.4, -0.2) is 41.9 Å². The Morgan fingerprint density at radius 1 is 1.04 bits per heavy atom. The van der Waals surface area contributed by atoms with E-state index in [1.165, 1.54) is 7.11 Å². The number of methoxy groups -OCH3 is 1. The number of anilines is 1. The average Bonchev–Trinajstić information content (AvgIpc) is 2.68. The van der Waals surface area contributed by atoms with Crippen LogP contribution < -0.4 is 10.1 Å². The minimum Gasteiger partial charge on any atom is -0.480 e. The number of nitrogens with one attached hydrogen (secondary N) is 1. The fourth-order valence-corrected chi connectivity index (χ4v) is 2.96. The molecule has 2 aromatic rings. The molecular formula is C19H21N3O3. The van der Waals surface area contributed by atoms with Crippen molar-refractivity contribution in [2.45, 2.75) is 19.3 Å². The van der Waals surface area contributed by atoms with Crippen LogP contribution in [0.3, 0.4) is 0 Å². The van der Waals surface area contributed by atoms with Crippen molar-refractivity contribution in [3.05, 3.63) is 53.7 Å². The van der Waals surface area contributed by atoms with Crippen molar-refractivity contribution in [1.29, 1.82) is 0 Å². The summed E-state index contributed by atoms with van der Waals surface area (Å²) in [7, 11) is 1.47. The molecule has 25 heavy (non-hydrogen) atoms. The largest absolute Gasteiger partial charge is 0.480 e. The Balaban J connectivity index is 1.83. The molecule has 0 spiro atoms. The minimum atomic E-state index is -0.358. The Kier molecular flexibility index (Phi) is 5.28. The van der Waals surface area contributed by atoms with Gasteiger partial charge in [0.2, 0.25) is 5.88 Å². The van der Waals surface area contributed by atoms with E-state index in [4.69, 9.17) is 4.74 Å². The summed E-state index contributed by atoms with van der Waals surface area (Å²) in [6, 6.07) is 10.4. The molecule has 1 aromatic heterocycles. The van der Waals surface area contributed by atoms with Gasteiger partial charge in [0.1, 0.15) is 5.56 Å². The molecule has 2 amide bonds. The van der Waals surface area contributed by atoms with Crippen molar-refractivity contribution in [2.24, 2.45) is 0 Å². The number of hydrogen-bond donors (Lipinski definition) is 1. The fourth-order valence-electron chi connectivity index (χ4n) is 2.96. The van der Waals surface area contributed by atoms with Gasteiger partial charge in [-0.2, -0.15) is 0 Å². The monoisotopic (exact) mass is 339 g/mol. The summed E-state index contributed by atoms with van der Waals surface area (Å²) in [5, 5.41) is 2.82. The Morgan fingerprint density at radius 2 is 1.76 bits per heavy atom. The first-order chi connectivity index (χ1) is 12.2. The average molecular weight is 339 g/mol. The van der Waals surface area contributed by atoms with Crippen molar-refractivity contribution < 1.29 is 14.3 Å². The van der Waals surface area contributed by atoms with Crippen molar-refractivity contribution in [3.63, 3.8) is 0 Å². The number of aromatic nitrogens is 1. The zero-order valence-corrected chi connectivity index (χ0v) is 14.2. The SMILES string of the molecule is COc1ncccc1C(=O)Nc1ccccc1C(=O)N1CCCCC1. The maximum atomic E-state index is 12.8. The number of rotatable bonds is 4. The highest BCUT2D eigenvalue weighted by Crippen LogP contribution is 2.22. The Labute approximate surface area is 146 Å². The van der Waals surface area contributed by atoms with Crippen LogP contribution in [0, 0.1) is 0 Å². The smallest absolute Gasteiger partial charge is 0.261 e. The van der Waals surface area contributed by atoms with Crippen LogP contribution in [0.5, 0.6) is 5.88 Å². The first-order valence-electron chi connectivity index (χ1n) is 8.39. The second kappa shape index (κ2) is 7.79. The predicted octanol–water partition coefficient (Wildman–Crippen LogP) is 2.97. The molecule has 1 saturated heterocycles. The second-order valence-corrected chi connectivity index (χ2v) is 5.91. The lowest BCUT2D eigenvalue weighted by Crippen LogP contribution is -2.36. The van der Waals surface area contributed by atoms with Gasteiger partial charge in [0, 0.05) is 19.3 Å². The molecule has 1 aliphatic heterocycles. The normalized spacial score (nSPS) is 14.0. The number of hydrogen-bond acceptors (Lipinski definition) is 4. The van der Waals surface area contributed by atoms with Crippen molar-refractivity contribution in [2.75, 3.05) is 25.5 Å². The molecule has 6 nitrogen and oxygen atoms in total. The van der Waals surface area contributed by atoms with E-state index in [9.17, 15) is 9.59 Å². The first kappa shape index (κ1) is 17.0. The molecule has 0 aliphatic carbocycles. The molecule has 6 heteroatoms. The van der Waals surface area contributed by atoms with Gasteiger partial charge in [-0.05, 0) is 43.5 Å². The van der Waals surface area contributed by atoms with Crippen molar-refractivity contribution in [3.8, 4) is 5.88 Å². The lowest BCUT2D eigenvalue weighted by molar-refractivity contribution is 0.0725. The third-order valence-electron chi connectivity index (χ3n) is 4.26. The van der Waals surface area contributed by atoms with E-state index in [0.29, 0.717) is 16.8 Å². The number of likely N-dealkylation sites (tertiary alicyclic amines) is 1. The summed E-state index contributed by atoms with van der Waals surface area (Å²) in [5.74, 6) is -0.155. The fraction of sp³-hybridized carbons (Fsp3) is 0.316. The van der Waals surface area contributed by atoms with Gasteiger partial charge in [-0.15, -0.1) is 0 Å². The number of ether oxygens (including phenoxy) is 1. The lowest BCUT2D eigenvalue weighted by Gasteiger charge is -2.27. The van der Waals surface area contributed by atoms with Crippen LogP contribution >= 0.6 is 0 Å². The van der Waals surface area contributed by atoms with Gasteiger partial charge in [-0.25, -0.2) is 4.98 Å². The number of amides is 2. The molecule has 0 unspecified atom stereocenters. The molecule has 130 valence electrons. The van der Waals surface area contributed by atoms with Gasteiger partial charge in [0.25, 0.3) is 11.8 Å². The molecule has 1 fully saturated rings. The van der Waals surface area contributed by atoms with Crippen molar-refractivity contribution >= 4 is 17.5 Å². The molecule has 1 aliphatic rings. The number of piperidine rings is 1. The molecule has 0 saturated carbocycles. The first-order valence-corrected chi connectivity index (χ1v) is 8.39. The number of pyridine rings is 1. The third-order valence-corrected chi connectivity index (χ3v) is 4.26. The number of benzene rings is 1. The predicted molar refractivity (Wildman–Crippen MR) is 94.9 cm³/mol. The molecule has 0 bridgehead atoms. The van der Waals surface area contributed by atoms with Gasteiger partial charge < -0.3 is 15.0 Å². The van der Waals surface area contributed by atoms with E-state index >= 15 is 0 Å². The van der Waals surface area contributed by atoms with Crippen molar-refractivity contribution in [1.82, 2.24) is 9.88 Å². The molecule has 1 aromatic carbocycles. The van der Waals surface area contributed by atoms with E-state index in [-0.39, 0.29) is 17.7 Å². The maximum Gasteiger partial charge on any atom is 0.261 e. The number of carbonyl (C=O) groups is 2. The van der Waals surface area contributed by atoms with Gasteiger partial charge in [0.15, 0.2) is 0 Å². The van der Waals surface area contributed by atoms with Crippen LogP contribution in [0.2, 0.25) is 0 Å². The van der Waals surface area contributed by atoms with E-state index in [2.05, 4.69) is 10.3 Å². The van der Waals surface area contributed by atoms with Crippen LogP contribution in [0.25, 0.3) is 0 Å². The molecule has 0 radical (unpaired) electrons. The Bertz CT molecular complexity index is 770. The summed E-state index contributed by atoms with van der Waals surface area (Å²) in [6.07, 6.45) is 4.76. The molecule has 3 rings (SSSR count). The highest BCUT2D eigenvalue weighted by atomic mass is 16.5. The summed E-state index contributed by atoms with van der Waals surface area (Å²) < 4.78 is 5.13. The van der Waals surface area contributed by atoms with E-state index < -0.39 is 0 Å². The zero-order chi connectivity index (χ0) is 17.6. The number of para-hydroxylation sites is 1. The number of nitrogens with zero attached hydrogens (tertiary/aromatic N) is 2. The summed E-state index contributed by atoms with van der Waals surface area (Å²) in [6.45, 7) is 1.52. The highest BCUT2D eigenvalue weighted by molar-refractivity contribution is 6.09. The molecule has 2 heterocycles. The topological polar surface area (TPSA) is 71.5 Å². The summed E-state index contributed by atoms with van der Waals surface area (Å²) >= 11 is 0. The van der Waals surface area contributed by atoms with Crippen LogP contribution in [0.15, 0.2) is 42.6 Å². The van der Waals surface area contributed by atoms with Crippen LogP contribution in [-0.2, 0) is 0 Å². The summed E-state index contributed by atoms with van der Waals surface area (Å²) in [5.41, 5.74) is 1.32. The molecule has 0 atom stereocenters. The minimum absolute atomic E-state index is 0.0475. The van der Waals surface area contributed by atoms with E-state index in [0.717, 1.165) is 32.4 Å². The molecule has 1 N–H and O–H groups in total. The van der Waals surface area contributed by atoms with Gasteiger partial charge in [-0.3, -0.25) is 9.59 Å². The van der Waals surface area contributed by atoms with E-state index in [1.54, 1.807) is 42.6 Å². The van der Waals surface area contributed by atoms with Gasteiger partial charge >= 0.3 is 0 Å². The quantitative estimate of drug-likeness (QED) is 0.929. The second-order valence-electron chi connectivity index (χ2n) is 5.91. The highest BCUT2D eigenvalue weighted by Gasteiger charge is 2.22. The van der Waals surface area contributed by atoms with Crippen LogP contribution in [0.4, 0.5) is 5.69 Å². The Morgan fingerprint density at radius 3 is 2.52 bits per heavy atom. The summed E-state index contributed by atoms with van der Waals surface area (Å²) in [4.78, 5) is 31.3. The van der Waals surface area contributed by atoms with Gasteiger partial charge in [0.05, 0.1) is 18.4 Å². The lowest BCUT2D eigenvalue weighted by atomic mass is 10.1. The third kappa shape index (κ3) is 3.79. The number of carbonyl (C=O) groups excluding carboxylic acids is 2.